The molecule has 0 spiro atoms. The number of amides is 2. The molecule has 2 heterocycles. The van der Waals surface area contributed by atoms with Crippen molar-refractivity contribution in [3.8, 4) is 0 Å². The molecular weight excluding hydrogens is 344 g/mol. The summed E-state index contributed by atoms with van der Waals surface area (Å²) < 4.78 is 4.93. The zero-order valence-electron chi connectivity index (χ0n) is 15.9. The SMILES string of the molecule is Cc1ccc(CCC(=O)N2CCN(CC(=O)Nc3cc(C)on3)CC2)cc1. The van der Waals surface area contributed by atoms with Gasteiger partial charge in [0, 0.05) is 38.7 Å². The fraction of sp³-hybridized carbons (Fsp3) is 0.450. The molecule has 3 rings (SSSR count). The van der Waals surface area contributed by atoms with Gasteiger partial charge in [-0.25, -0.2) is 0 Å². The zero-order valence-corrected chi connectivity index (χ0v) is 15.9. The molecule has 1 saturated heterocycles. The van der Waals surface area contributed by atoms with E-state index in [1.807, 2.05) is 9.80 Å². The van der Waals surface area contributed by atoms with Gasteiger partial charge < -0.3 is 14.7 Å². The van der Waals surface area contributed by atoms with Gasteiger partial charge in [0.25, 0.3) is 0 Å². The second-order valence-electron chi connectivity index (χ2n) is 7.01. The smallest absolute Gasteiger partial charge is 0.239 e. The van der Waals surface area contributed by atoms with Crippen LogP contribution in [0.25, 0.3) is 0 Å². The van der Waals surface area contributed by atoms with Crippen molar-refractivity contribution in [1.29, 1.82) is 0 Å². The number of aryl methyl sites for hydroxylation is 3. The highest BCUT2D eigenvalue weighted by Gasteiger charge is 2.22. The molecule has 1 aliphatic heterocycles. The maximum Gasteiger partial charge on any atom is 0.239 e. The van der Waals surface area contributed by atoms with Crippen molar-refractivity contribution in [2.24, 2.45) is 0 Å². The van der Waals surface area contributed by atoms with Gasteiger partial charge in [0.1, 0.15) is 5.76 Å². The Morgan fingerprint density at radius 3 is 2.44 bits per heavy atom. The lowest BCUT2D eigenvalue weighted by molar-refractivity contribution is -0.133. The highest BCUT2D eigenvalue weighted by atomic mass is 16.5. The van der Waals surface area contributed by atoms with Crippen LogP contribution in [0.3, 0.4) is 0 Å². The van der Waals surface area contributed by atoms with Crippen molar-refractivity contribution >= 4 is 17.6 Å². The zero-order chi connectivity index (χ0) is 19.2. The Labute approximate surface area is 159 Å². The summed E-state index contributed by atoms with van der Waals surface area (Å²) in [6.07, 6.45) is 1.29. The Kier molecular flexibility index (Phi) is 6.24. The summed E-state index contributed by atoms with van der Waals surface area (Å²) in [5.41, 5.74) is 2.41. The van der Waals surface area contributed by atoms with Gasteiger partial charge in [0.05, 0.1) is 6.54 Å². The van der Waals surface area contributed by atoms with Crippen LogP contribution >= 0.6 is 0 Å². The van der Waals surface area contributed by atoms with E-state index in [-0.39, 0.29) is 18.4 Å². The standard InChI is InChI=1S/C20H26N4O3/c1-15-3-5-17(6-4-15)7-8-20(26)24-11-9-23(10-12-24)14-19(25)21-18-13-16(2)27-22-18/h3-6,13H,7-12,14H2,1-2H3,(H,21,22,25). The average Bonchev–Trinajstić information content (AvgIpc) is 3.06. The molecule has 1 N–H and O–H groups in total. The molecule has 0 saturated carbocycles. The molecule has 7 nitrogen and oxygen atoms in total. The largest absolute Gasteiger partial charge is 0.360 e. The van der Waals surface area contributed by atoms with Crippen LogP contribution < -0.4 is 5.32 Å². The number of carbonyl (C=O) groups is 2. The second-order valence-corrected chi connectivity index (χ2v) is 7.01. The summed E-state index contributed by atoms with van der Waals surface area (Å²) >= 11 is 0. The fourth-order valence-corrected chi connectivity index (χ4v) is 3.13. The first-order chi connectivity index (χ1) is 13.0. The normalized spacial score (nSPS) is 15.0. The van der Waals surface area contributed by atoms with Gasteiger partial charge in [-0.3, -0.25) is 14.5 Å². The molecule has 144 valence electrons. The lowest BCUT2D eigenvalue weighted by atomic mass is 10.1. The number of aromatic nitrogens is 1. The van der Waals surface area contributed by atoms with Crippen LogP contribution in [0.1, 0.15) is 23.3 Å². The predicted molar refractivity (Wildman–Crippen MR) is 102 cm³/mol. The van der Waals surface area contributed by atoms with Crippen molar-refractivity contribution in [2.75, 3.05) is 38.0 Å². The van der Waals surface area contributed by atoms with Gasteiger partial charge in [-0.2, -0.15) is 0 Å². The number of benzene rings is 1. The fourth-order valence-electron chi connectivity index (χ4n) is 3.13. The van der Waals surface area contributed by atoms with Crippen molar-refractivity contribution in [3.63, 3.8) is 0 Å². The summed E-state index contributed by atoms with van der Waals surface area (Å²) in [7, 11) is 0. The van der Waals surface area contributed by atoms with Gasteiger partial charge in [-0.1, -0.05) is 35.0 Å². The number of piperazine rings is 1. The Morgan fingerprint density at radius 2 is 1.81 bits per heavy atom. The first-order valence-corrected chi connectivity index (χ1v) is 9.28. The van der Waals surface area contributed by atoms with Gasteiger partial charge in [0.15, 0.2) is 5.82 Å². The van der Waals surface area contributed by atoms with E-state index in [1.54, 1.807) is 13.0 Å². The van der Waals surface area contributed by atoms with E-state index in [0.29, 0.717) is 44.2 Å². The van der Waals surface area contributed by atoms with Crippen molar-refractivity contribution < 1.29 is 14.1 Å². The van der Waals surface area contributed by atoms with Gasteiger partial charge >= 0.3 is 0 Å². The number of hydrogen-bond donors (Lipinski definition) is 1. The van der Waals surface area contributed by atoms with Crippen molar-refractivity contribution in [3.05, 3.63) is 47.2 Å². The summed E-state index contributed by atoms with van der Waals surface area (Å²) in [6.45, 7) is 6.83. The van der Waals surface area contributed by atoms with Crippen molar-refractivity contribution in [2.45, 2.75) is 26.7 Å². The number of anilines is 1. The van der Waals surface area contributed by atoms with Crippen LogP contribution in [0.15, 0.2) is 34.9 Å². The quantitative estimate of drug-likeness (QED) is 0.841. The number of hydrogen-bond acceptors (Lipinski definition) is 5. The summed E-state index contributed by atoms with van der Waals surface area (Å²) in [4.78, 5) is 28.4. The molecule has 0 atom stereocenters. The topological polar surface area (TPSA) is 78.7 Å². The first-order valence-electron chi connectivity index (χ1n) is 9.28. The molecule has 7 heteroatoms. The average molecular weight is 370 g/mol. The molecule has 0 bridgehead atoms. The molecular formula is C20H26N4O3. The minimum absolute atomic E-state index is 0.123. The number of carbonyl (C=O) groups excluding carboxylic acids is 2. The molecule has 1 aromatic heterocycles. The number of nitrogens with one attached hydrogen (secondary N) is 1. The van der Waals surface area contributed by atoms with Gasteiger partial charge in [-0.15, -0.1) is 0 Å². The van der Waals surface area contributed by atoms with Crippen LogP contribution in [0, 0.1) is 13.8 Å². The Bertz CT molecular complexity index is 777. The minimum Gasteiger partial charge on any atom is -0.360 e. The summed E-state index contributed by atoms with van der Waals surface area (Å²) in [5, 5.41) is 6.48. The van der Waals surface area contributed by atoms with Crippen LogP contribution in [0.5, 0.6) is 0 Å². The maximum absolute atomic E-state index is 12.4. The Hall–Kier alpha value is -2.67. The number of nitrogens with zero attached hydrogens (tertiary/aromatic N) is 3. The highest BCUT2D eigenvalue weighted by Crippen LogP contribution is 2.10. The van der Waals surface area contributed by atoms with Gasteiger partial charge in [0.2, 0.25) is 11.8 Å². The first kappa shape index (κ1) is 19.1. The van der Waals surface area contributed by atoms with E-state index in [1.165, 1.54) is 11.1 Å². The third-order valence-electron chi connectivity index (χ3n) is 4.74. The molecule has 27 heavy (non-hydrogen) atoms. The third-order valence-corrected chi connectivity index (χ3v) is 4.74. The van der Waals surface area contributed by atoms with Crippen LogP contribution in [0.4, 0.5) is 5.82 Å². The molecule has 1 aromatic carbocycles. The predicted octanol–water partition coefficient (Wildman–Crippen LogP) is 2.01. The number of rotatable bonds is 6. The second kappa shape index (κ2) is 8.81. The molecule has 2 amide bonds. The van der Waals surface area contributed by atoms with E-state index in [0.717, 1.165) is 6.42 Å². The minimum atomic E-state index is -0.123. The van der Waals surface area contributed by atoms with E-state index < -0.39 is 0 Å². The van der Waals surface area contributed by atoms with Crippen LogP contribution in [0.2, 0.25) is 0 Å². The summed E-state index contributed by atoms with van der Waals surface area (Å²) in [5.74, 6) is 1.14. The van der Waals surface area contributed by atoms with Crippen LogP contribution in [-0.2, 0) is 16.0 Å². The van der Waals surface area contributed by atoms with Gasteiger partial charge in [-0.05, 0) is 25.8 Å². The molecule has 1 aliphatic rings. The lowest BCUT2D eigenvalue weighted by Crippen LogP contribution is -2.50. The third kappa shape index (κ3) is 5.65. The Morgan fingerprint density at radius 1 is 1.11 bits per heavy atom. The highest BCUT2D eigenvalue weighted by molar-refractivity contribution is 5.91. The molecule has 0 unspecified atom stereocenters. The lowest BCUT2D eigenvalue weighted by Gasteiger charge is -2.34. The summed E-state index contributed by atoms with van der Waals surface area (Å²) in [6, 6.07) is 9.99. The van der Waals surface area contributed by atoms with E-state index in [9.17, 15) is 9.59 Å². The van der Waals surface area contributed by atoms with E-state index in [4.69, 9.17) is 4.52 Å². The molecule has 0 radical (unpaired) electrons. The maximum atomic E-state index is 12.4. The molecule has 2 aromatic rings. The molecule has 0 aliphatic carbocycles. The van der Waals surface area contributed by atoms with E-state index in [2.05, 4.69) is 41.7 Å². The molecule has 1 fully saturated rings. The van der Waals surface area contributed by atoms with E-state index >= 15 is 0 Å². The Balaban J connectivity index is 1.38. The van der Waals surface area contributed by atoms with Crippen molar-refractivity contribution in [1.82, 2.24) is 15.0 Å². The monoisotopic (exact) mass is 370 g/mol. The van der Waals surface area contributed by atoms with Crippen LogP contribution in [-0.4, -0.2) is 59.5 Å².